The molecule has 5 rings (SSSR count). The first kappa shape index (κ1) is 19.0. The van der Waals surface area contributed by atoms with Crippen molar-refractivity contribution in [3.8, 4) is 11.5 Å². The molecule has 1 amide bonds. The van der Waals surface area contributed by atoms with Gasteiger partial charge in [-0.2, -0.15) is 5.01 Å². The van der Waals surface area contributed by atoms with Gasteiger partial charge in [-0.05, 0) is 24.6 Å². The van der Waals surface area contributed by atoms with Gasteiger partial charge in [-0.25, -0.2) is 0 Å². The average molecular weight is 405 g/mol. The lowest BCUT2D eigenvalue weighted by Crippen LogP contribution is -2.64. The first-order valence-corrected chi connectivity index (χ1v) is 10.5. The fraction of sp³-hybridized carbons (Fsp3) is 0.375. The van der Waals surface area contributed by atoms with Crippen molar-refractivity contribution < 1.29 is 14.3 Å². The van der Waals surface area contributed by atoms with Gasteiger partial charge < -0.3 is 19.8 Å². The highest BCUT2D eigenvalue weighted by Gasteiger charge is 2.52. The molecule has 0 aromatic heterocycles. The van der Waals surface area contributed by atoms with Gasteiger partial charge in [-0.1, -0.05) is 42.0 Å². The molecule has 0 unspecified atom stereocenters. The molecular weight excluding hydrogens is 378 g/mol. The van der Waals surface area contributed by atoms with E-state index in [2.05, 4.69) is 53.8 Å². The van der Waals surface area contributed by atoms with Crippen LogP contribution in [-0.4, -0.2) is 41.7 Å². The number of aryl methyl sites for hydroxylation is 1. The topological polar surface area (TPSA) is 54.0 Å². The zero-order valence-corrected chi connectivity index (χ0v) is 17.6. The van der Waals surface area contributed by atoms with Crippen LogP contribution in [0, 0.1) is 6.92 Å². The number of hydrogen-bond donors (Lipinski definition) is 1. The minimum absolute atomic E-state index is 0.0315. The zero-order valence-electron chi connectivity index (χ0n) is 17.6. The highest BCUT2D eigenvalue weighted by molar-refractivity contribution is 5.73. The van der Waals surface area contributed by atoms with E-state index in [0.29, 0.717) is 13.1 Å². The number of amides is 1. The average Bonchev–Trinajstić information content (AvgIpc) is 3.21. The van der Waals surface area contributed by atoms with E-state index in [9.17, 15) is 4.79 Å². The van der Waals surface area contributed by atoms with E-state index in [4.69, 9.17) is 9.47 Å². The number of carbonyl (C=O) groups excluding carboxylic acids is 1. The molecule has 2 aromatic rings. The third-order valence-electron chi connectivity index (χ3n) is 6.48. The summed E-state index contributed by atoms with van der Waals surface area (Å²) in [7, 11) is 1.68. The second kappa shape index (κ2) is 7.06. The molecule has 1 N–H and O–H groups in total. The summed E-state index contributed by atoms with van der Waals surface area (Å²) in [5.41, 5.74) is 7.65. The van der Waals surface area contributed by atoms with Crippen LogP contribution < -0.4 is 14.9 Å². The molecular formula is C24H27N3O3. The standard InChI is InChI=1S/C24H27N3O3/c1-16-7-9-18(10-8-16)20-15-21-19-5-4-6-22(29-3)23(19)30-24(27(21)25-20)11-13-26(14-12-24)17(2)28/h4-10,15,21,25H,11-14H2,1-3H3/t21-/m0/s1. The highest BCUT2D eigenvalue weighted by atomic mass is 16.5. The van der Waals surface area contributed by atoms with Crippen molar-refractivity contribution in [1.82, 2.24) is 15.3 Å². The number of ether oxygens (including phenoxy) is 2. The summed E-state index contributed by atoms with van der Waals surface area (Å²) in [6.45, 7) is 5.07. The summed E-state index contributed by atoms with van der Waals surface area (Å²) in [6.07, 6.45) is 3.72. The Labute approximate surface area is 177 Å². The molecule has 6 nitrogen and oxygen atoms in total. The Balaban J connectivity index is 1.56. The first-order chi connectivity index (χ1) is 14.5. The molecule has 6 heteroatoms. The molecule has 3 heterocycles. The molecule has 0 aliphatic carbocycles. The van der Waals surface area contributed by atoms with Crippen molar-refractivity contribution in [1.29, 1.82) is 0 Å². The van der Waals surface area contributed by atoms with E-state index in [1.165, 1.54) is 5.56 Å². The lowest BCUT2D eigenvalue weighted by Gasteiger charge is -2.51. The van der Waals surface area contributed by atoms with Crippen molar-refractivity contribution in [3.63, 3.8) is 0 Å². The Kier molecular flexibility index (Phi) is 4.47. The van der Waals surface area contributed by atoms with Crippen LogP contribution in [-0.2, 0) is 4.79 Å². The molecule has 30 heavy (non-hydrogen) atoms. The van der Waals surface area contributed by atoms with Crippen LogP contribution in [0.4, 0.5) is 0 Å². The van der Waals surface area contributed by atoms with Gasteiger partial charge in [0.2, 0.25) is 5.91 Å². The third kappa shape index (κ3) is 2.94. The van der Waals surface area contributed by atoms with Crippen molar-refractivity contribution in [2.24, 2.45) is 0 Å². The number of rotatable bonds is 2. The van der Waals surface area contributed by atoms with E-state index in [-0.39, 0.29) is 11.9 Å². The Morgan fingerprint density at radius 1 is 1.17 bits per heavy atom. The van der Waals surface area contributed by atoms with Gasteiger partial charge in [0, 0.05) is 38.4 Å². The lowest BCUT2D eigenvalue weighted by atomic mass is 9.92. The fourth-order valence-electron chi connectivity index (χ4n) is 4.74. The molecule has 3 aliphatic heterocycles. The quantitative estimate of drug-likeness (QED) is 0.827. The number of hydrogen-bond acceptors (Lipinski definition) is 5. The summed E-state index contributed by atoms with van der Waals surface area (Å²) in [5, 5.41) is 2.24. The smallest absolute Gasteiger partial charge is 0.219 e. The van der Waals surface area contributed by atoms with Crippen LogP contribution in [0.2, 0.25) is 0 Å². The predicted octanol–water partition coefficient (Wildman–Crippen LogP) is 3.64. The van der Waals surface area contributed by atoms with Crippen molar-refractivity contribution >= 4 is 11.6 Å². The van der Waals surface area contributed by atoms with Gasteiger partial charge in [-0.3, -0.25) is 4.79 Å². The maximum Gasteiger partial charge on any atom is 0.219 e. The van der Waals surface area contributed by atoms with E-state index in [1.807, 2.05) is 17.0 Å². The Hall–Kier alpha value is -2.99. The second-order valence-corrected chi connectivity index (χ2v) is 8.31. The van der Waals surface area contributed by atoms with Crippen LogP contribution >= 0.6 is 0 Å². The Morgan fingerprint density at radius 2 is 1.90 bits per heavy atom. The number of hydrazine groups is 1. The SMILES string of the molecule is COc1cccc2c1OC1(CCN(C(C)=O)CC1)N1NC(c3ccc(C)cc3)=C[C@@H]21. The Morgan fingerprint density at radius 3 is 2.57 bits per heavy atom. The first-order valence-electron chi connectivity index (χ1n) is 10.5. The normalized spacial score (nSPS) is 21.9. The summed E-state index contributed by atoms with van der Waals surface area (Å²) in [6, 6.07) is 14.6. The summed E-state index contributed by atoms with van der Waals surface area (Å²) < 4.78 is 12.3. The number of nitrogens with one attached hydrogen (secondary N) is 1. The minimum atomic E-state index is -0.540. The van der Waals surface area contributed by atoms with E-state index >= 15 is 0 Å². The number of benzene rings is 2. The molecule has 156 valence electrons. The number of piperidine rings is 1. The molecule has 2 aromatic carbocycles. The van der Waals surface area contributed by atoms with Crippen molar-refractivity contribution in [3.05, 3.63) is 65.2 Å². The van der Waals surface area contributed by atoms with Gasteiger partial charge >= 0.3 is 0 Å². The number of carbonyl (C=O) groups is 1. The van der Waals surface area contributed by atoms with E-state index in [1.54, 1.807) is 14.0 Å². The molecule has 1 atom stereocenters. The predicted molar refractivity (Wildman–Crippen MR) is 115 cm³/mol. The number of likely N-dealkylation sites (tertiary alicyclic amines) is 1. The molecule has 1 fully saturated rings. The van der Waals surface area contributed by atoms with Gasteiger partial charge in [0.15, 0.2) is 17.2 Å². The zero-order chi connectivity index (χ0) is 20.9. The van der Waals surface area contributed by atoms with Crippen LogP contribution in [0.25, 0.3) is 5.70 Å². The summed E-state index contributed by atoms with van der Waals surface area (Å²) in [5.74, 6) is 1.67. The molecule has 3 aliphatic rings. The minimum Gasteiger partial charge on any atom is -0.493 e. The van der Waals surface area contributed by atoms with Gasteiger partial charge in [-0.15, -0.1) is 0 Å². The monoisotopic (exact) mass is 405 g/mol. The van der Waals surface area contributed by atoms with E-state index < -0.39 is 5.72 Å². The largest absolute Gasteiger partial charge is 0.493 e. The van der Waals surface area contributed by atoms with Crippen LogP contribution in [0.1, 0.15) is 42.5 Å². The van der Waals surface area contributed by atoms with Crippen molar-refractivity contribution in [2.45, 2.75) is 38.5 Å². The van der Waals surface area contributed by atoms with Crippen LogP contribution in [0.3, 0.4) is 0 Å². The van der Waals surface area contributed by atoms with Gasteiger partial charge in [0.05, 0.1) is 18.8 Å². The van der Waals surface area contributed by atoms with Crippen LogP contribution in [0.5, 0.6) is 11.5 Å². The molecule has 0 bridgehead atoms. The maximum atomic E-state index is 11.9. The highest BCUT2D eigenvalue weighted by Crippen LogP contribution is 2.51. The molecule has 1 spiro atoms. The van der Waals surface area contributed by atoms with Gasteiger partial charge in [0.1, 0.15) is 0 Å². The number of para-hydroxylation sites is 1. The fourth-order valence-corrected chi connectivity index (χ4v) is 4.74. The van der Waals surface area contributed by atoms with Crippen molar-refractivity contribution in [2.75, 3.05) is 20.2 Å². The molecule has 0 saturated carbocycles. The number of fused-ring (bicyclic) bond motifs is 4. The number of methoxy groups -OCH3 is 1. The second-order valence-electron chi connectivity index (χ2n) is 8.31. The maximum absolute atomic E-state index is 11.9. The lowest BCUT2D eigenvalue weighted by molar-refractivity contribution is -0.165. The summed E-state index contributed by atoms with van der Waals surface area (Å²) in [4.78, 5) is 13.8. The Bertz CT molecular complexity index is 1010. The molecule has 1 saturated heterocycles. The van der Waals surface area contributed by atoms with Gasteiger partial charge in [0.25, 0.3) is 0 Å². The van der Waals surface area contributed by atoms with Crippen LogP contribution in [0.15, 0.2) is 48.5 Å². The summed E-state index contributed by atoms with van der Waals surface area (Å²) >= 11 is 0. The van der Waals surface area contributed by atoms with E-state index in [0.717, 1.165) is 41.2 Å². The third-order valence-corrected chi connectivity index (χ3v) is 6.48. The molecule has 0 radical (unpaired) electrons. The number of nitrogens with zero attached hydrogens (tertiary/aromatic N) is 2.